The number of benzene rings is 2. The van der Waals surface area contributed by atoms with Gasteiger partial charge in [-0.25, -0.2) is 8.78 Å². The van der Waals surface area contributed by atoms with Crippen LogP contribution in [-0.4, -0.2) is 19.6 Å². The summed E-state index contributed by atoms with van der Waals surface area (Å²) < 4.78 is 33.9. The molecule has 0 spiro atoms. The van der Waals surface area contributed by atoms with Crippen molar-refractivity contribution in [3.8, 4) is 5.75 Å². The Bertz CT molecular complexity index is 611. The van der Waals surface area contributed by atoms with Crippen LogP contribution >= 0.6 is 12.4 Å². The van der Waals surface area contributed by atoms with E-state index in [1.54, 1.807) is 0 Å². The molecule has 1 unspecified atom stereocenters. The molecule has 3 rings (SSSR count). The highest BCUT2D eigenvalue weighted by atomic mass is 35.5. The van der Waals surface area contributed by atoms with Crippen LogP contribution in [0.25, 0.3) is 0 Å². The maximum atomic E-state index is 14.2. The zero-order chi connectivity index (χ0) is 15.4. The Morgan fingerprint density at radius 1 is 1.04 bits per heavy atom. The first-order chi connectivity index (χ1) is 10.7. The Kier molecular flexibility index (Phi) is 6.33. The molecule has 0 saturated carbocycles. The van der Waals surface area contributed by atoms with Crippen molar-refractivity contribution in [2.75, 3.05) is 19.6 Å². The lowest BCUT2D eigenvalue weighted by Gasteiger charge is -2.25. The van der Waals surface area contributed by atoms with Gasteiger partial charge in [0.1, 0.15) is 24.0 Å². The van der Waals surface area contributed by atoms with E-state index in [1.165, 1.54) is 12.1 Å². The smallest absolute Gasteiger partial charge is 0.134 e. The van der Waals surface area contributed by atoms with Crippen molar-refractivity contribution < 1.29 is 13.5 Å². The van der Waals surface area contributed by atoms with Crippen molar-refractivity contribution in [1.29, 1.82) is 0 Å². The molecule has 1 aliphatic heterocycles. The van der Waals surface area contributed by atoms with E-state index in [-0.39, 0.29) is 36.4 Å². The largest absolute Gasteiger partial charge is 0.489 e. The molecule has 6 heteroatoms. The predicted octanol–water partition coefficient (Wildman–Crippen LogP) is 3.20. The Balaban J connectivity index is 0.00000192. The molecular formula is C17H19ClF2N2O. The van der Waals surface area contributed by atoms with Gasteiger partial charge in [0.05, 0.1) is 6.04 Å². The van der Waals surface area contributed by atoms with Gasteiger partial charge in [0.15, 0.2) is 0 Å². The van der Waals surface area contributed by atoms with Gasteiger partial charge in [-0.15, -0.1) is 12.4 Å². The summed E-state index contributed by atoms with van der Waals surface area (Å²) in [6, 6.07) is 11.6. The van der Waals surface area contributed by atoms with Crippen LogP contribution in [0.1, 0.15) is 17.2 Å². The van der Waals surface area contributed by atoms with Gasteiger partial charge in [0.25, 0.3) is 0 Å². The van der Waals surface area contributed by atoms with Gasteiger partial charge in [-0.2, -0.15) is 0 Å². The fourth-order valence-corrected chi connectivity index (χ4v) is 2.58. The molecule has 23 heavy (non-hydrogen) atoms. The molecule has 0 aliphatic carbocycles. The van der Waals surface area contributed by atoms with Crippen LogP contribution in [-0.2, 0) is 6.61 Å². The molecule has 1 heterocycles. The predicted molar refractivity (Wildman–Crippen MR) is 88.0 cm³/mol. The molecule has 2 aromatic carbocycles. The number of hydrogen-bond acceptors (Lipinski definition) is 3. The highest BCUT2D eigenvalue weighted by Crippen LogP contribution is 2.26. The van der Waals surface area contributed by atoms with Crippen molar-refractivity contribution in [2.24, 2.45) is 0 Å². The Morgan fingerprint density at radius 2 is 1.74 bits per heavy atom. The maximum absolute atomic E-state index is 14.2. The lowest BCUT2D eigenvalue weighted by atomic mass is 10.0. The maximum Gasteiger partial charge on any atom is 0.134 e. The number of halogens is 3. The van der Waals surface area contributed by atoms with Crippen molar-refractivity contribution in [3.63, 3.8) is 0 Å². The minimum Gasteiger partial charge on any atom is -0.489 e. The molecule has 124 valence electrons. The standard InChI is InChI=1S/C17H18F2N2O.ClH/c18-14-8-13(22-11-12-4-2-1-3-5-12)9-15(19)17(14)16-10-20-6-7-21-16;/h1-5,8-9,16,20-21H,6-7,10-11H2;1H. The highest BCUT2D eigenvalue weighted by Gasteiger charge is 2.22. The number of ether oxygens (including phenoxy) is 1. The SMILES string of the molecule is Cl.Fc1cc(OCc2ccccc2)cc(F)c1C1CNCCN1. The van der Waals surface area contributed by atoms with Crippen LogP contribution in [0.4, 0.5) is 8.78 Å². The molecule has 0 bridgehead atoms. The third kappa shape index (κ3) is 4.41. The number of rotatable bonds is 4. The molecule has 0 aromatic heterocycles. The van der Waals surface area contributed by atoms with Crippen molar-refractivity contribution in [1.82, 2.24) is 10.6 Å². The monoisotopic (exact) mass is 340 g/mol. The van der Waals surface area contributed by atoms with Crippen LogP contribution in [0, 0.1) is 11.6 Å². The van der Waals surface area contributed by atoms with E-state index in [9.17, 15) is 8.78 Å². The molecule has 1 atom stereocenters. The van der Waals surface area contributed by atoms with Gasteiger partial charge < -0.3 is 15.4 Å². The third-order valence-electron chi connectivity index (χ3n) is 3.69. The zero-order valence-corrected chi connectivity index (χ0v) is 13.3. The molecule has 2 aromatic rings. The fourth-order valence-electron chi connectivity index (χ4n) is 2.58. The summed E-state index contributed by atoms with van der Waals surface area (Å²) >= 11 is 0. The van der Waals surface area contributed by atoms with Gasteiger partial charge in [-0.1, -0.05) is 30.3 Å². The van der Waals surface area contributed by atoms with E-state index in [4.69, 9.17) is 4.74 Å². The van der Waals surface area contributed by atoms with Gasteiger partial charge in [0, 0.05) is 37.3 Å². The normalized spacial score (nSPS) is 17.4. The van der Waals surface area contributed by atoms with E-state index in [1.807, 2.05) is 30.3 Å². The van der Waals surface area contributed by atoms with Gasteiger partial charge in [-0.05, 0) is 5.56 Å². The van der Waals surface area contributed by atoms with Crippen LogP contribution in [0.3, 0.4) is 0 Å². The molecule has 2 N–H and O–H groups in total. The first-order valence-electron chi connectivity index (χ1n) is 7.34. The van der Waals surface area contributed by atoms with E-state index in [0.717, 1.165) is 12.1 Å². The average molecular weight is 341 g/mol. The molecule has 1 aliphatic rings. The van der Waals surface area contributed by atoms with Crippen molar-refractivity contribution in [2.45, 2.75) is 12.6 Å². The lowest BCUT2D eigenvalue weighted by molar-refractivity contribution is 0.301. The van der Waals surface area contributed by atoms with E-state index in [0.29, 0.717) is 13.1 Å². The van der Waals surface area contributed by atoms with E-state index >= 15 is 0 Å². The summed E-state index contributed by atoms with van der Waals surface area (Å²) in [5.41, 5.74) is 1.02. The summed E-state index contributed by atoms with van der Waals surface area (Å²) in [5, 5.41) is 6.23. The second-order valence-electron chi connectivity index (χ2n) is 5.29. The lowest BCUT2D eigenvalue weighted by Crippen LogP contribution is -2.43. The summed E-state index contributed by atoms with van der Waals surface area (Å²) in [5.74, 6) is -0.958. The molecule has 0 radical (unpaired) electrons. The first kappa shape index (κ1) is 17.7. The minimum absolute atomic E-state index is 0. The topological polar surface area (TPSA) is 33.3 Å². The zero-order valence-electron chi connectivity index (χ0n) is 12.5. The molecule has 1 saturated heterocycles. The van der Waals surface area contributed by atoms with E-state index < -0.39 is 11.6 Å². The van der Waals surface area contributed by atoms with Gasteiger partial charge >= 0.3 is 0 Å². The quantitative estimate of drug-likeness (QED) is 0.896. The van der Waals surface area contributed by atoms with Gasteiger partial charge in [-0.3, -0.25) is 0 Å². The van der Waals surface area contributed by atoms with Crippen LogP contribution in [0.5, 0.6) is 5.75 Å². The Morgan fingerprint density at radius 3 is 2.35 bits per heavy atom. The second kappa shape index (κ2) is 8.24. The average Bonchev–Trinajstić information content (AvgIpc) is 2.54. The molecule has 0 amide bonds. The molecule has 1 fully saturated rings. The Hall–Kier alpha value is -1.69. The summed E-state index contributed by atoms with van der Waals surface area (Å²) in [4.78, 5) is 0. The van der Waals surface area contributed by atoms with E-state index in [2.05, 4.69) is 10.6 Å². The second-order valence-corrected chi connectivity index (χ2v) is 5.29. The fraction of sp³-hybridized carbons (Fsp3) is 0.294. The minimum atomic E-state index is -0.579. The Labute approximate surface area is 140 Å². The van der Waals surface area contributed by atoms with Crippen molar-refractivity contribution >= 4 is 12.4 Å². The van der Waals surface area contributed by atoms with Crippen LogP contribution in [0.2, 0.25) is 0 Å². The number of nitrogens with one attached hydrogen (secondary N) is 2. The first-order valence-corrected chi connectivity index (χ1v) is 7.34. The summed E-state index contributed by atoms with van der Waals surface area (Å²) in [7, 11) is 0. The van der Waals surface area contributed by atoms with Crippen molar-refractivity contribution in [3.05, 3.63) is 65.2 Å². The number of piperazine rings is 1. The summed E-state index contributed by atoms with van der Waals surface area (Å²) in [6.07, 6.45) is 0. The molecule has 3 nitrogen and oxygen atoms in total. The molecular weight excluding hydrogens is 322 g/mol. The third-order valence-corrected chi connectivity index (χ3v) is 3.69. The number of hydrogen-bond donors (Lipinski definition) is 2. The summed E-state index contributed by atoms with van der Waals surface area (Å²) in [6.45, 7) is 2.29. The van der Waals surface area contributed by atoms with Crippen LogP contribution < -0.4 is 15.4 Å². The van der Waals surface area contributed by atoms with Crippen LogP contribution in [0.15, 0.2) is 42.5 Å². The highest BCUT2D eigenvalue weighted by molar-refractivity contribution is 5.85. The van der Waals surface area contributed by atoms with Gasteiger partial charge in [0.2, 0.25) is 0 Å².